The van der Waals surface area contributed by atoms with Crippen LogP contribution in [0.2, 0.25) is 0 Å². The van der Waals surface area contributed by atoms with E-state index in [2.05, 4.69) is 10.3 Å². The molecule has 1 amide bonds. The number of hydrogen-bond donors (Lipinski definition) is 2. The minimum atomic E-state index is -0.817. The van der Waals surface area contributed by atoms with Gasteiger partial charge < -0.3 is 11.1 Å². The highest BCUT2D eigenvalue weighted by Gasteiger charge is 2.30. The van der Waals surface area contributed by atoms with Crippen LogP contribution in [0.25, 0.3) is 0 Å². The topological polar surface area (TPSA) is 68.0 Å². The third-order valence-corrected chi connectivity index (χ3v) is 2.25. The molecule has 4 nitrogen and oxygen atoms in total. The summed E-state index contributed by atoms with van der Waals surface area (Å²) in [7, 11) is 1.70. The highest BCUT2D eigenvalue weighted by Crippen LogP contribution is 2.18. The molecular weight excluding hydrogens is 166 g/mol. The highest BCUT2D eigenvalue weighted by molar-refractivity contribution is 5.85. The molecular formula is C9H13N3O. The van der Waals surface area contributed by atoms with Crippen LogP contribution < -0.4 is 11.1 Å². The number of pyridine rings is 1. The van der Waals surface area contributed by atoms with Crippen LogP contribution in [-0.4, -0.2) is 17.9 Å². The summed E-state index contributed by atoms with van der Waals surface area (Å²) in [5, 5.41) is 2.89. The summed E-state index contributed by atoms with van der Waals surface area (Å²) in [5.41, 5.74) is 5.29. The minimum Gasteiger partial charge on any atom is -0.368 e. The second-order valence-electron chi connectivity index (χ2n) is 2.98. The van der Waals surface area contributed by atoms with Crippen molar-refractivity contribution in [3.8, 4) is 0 Å². The second-order valence-corrected chi connectivity index (χ2v) is 2.98. The van der Waals surface area contributed by atoms with Crippen LogP contribution in [0.4, 0.5) is 0 Å². The van der Waals surface area contributed by atoms with E-state index in [1.54, 1.807) is 38.5 Å². The van der Waals surface area contributed by atoms with Crippen LogP contribution in [0.15, 0.2) is 24.5 Å². The van der Waals surface area contributed by atoms with E-state index in [1.165, 1.54) is 0 Å². The fourth-order valence-corrected chi connectivity index (χ4v) is 1.10. The number of rotatable bonds is 3. The molecule has 0 aromatic carbocycles. The van der Waals surface area contributed by atoms with Gasteiger partial charge in [-0.1, -0.05) is 0 Å². The Hall–Kier alpha value is -1.42. The molecule has 0 aliphatic rings. The van der Waals surface area contributed by atoms with Crippen molar-refractivity contribution in [3.05, 3.63) is 30.1 Å². The lowest BCUT2D eigenvalue weighted by atomic mass is 9.92. The average Bonchev–Trinajstić information content (AvgIpc) is 2.17. The molecule has 0 aliphatic carbocycles. The van der Waals surface area contributed by atoms with Gasteiger partial charge in [0.25, 0.3) is 0 Å². The number of nitrogens with two attached hydrogens (primary N) is 1. The van der Waals surface area contributed by atoms with E-state index in [0.29, 0.717) is 0 Å². The first-order valence-electron chi connectivity index (χ1n) is 4.00. The second kappa shape index (κ2) is 3.53. The third-order valence-electron chi connectivity index (χ3n) is 2.25. The van der Waals surface area contributed by atoms with Gasteiger partial charge in [0, 0.05) is 12.4 Å². The smallest absolute Gasteiger partial charge is 0.242 e. The lowest BCUT2D eigenvalue weighted by Gasteiger charge is -2.25. The molecule has 4 heteroatoms. The summed E-state index contributed by atoms with van der Waals surface area (Å²) in [6, 6.07) is 3.53. The Morgan fingerprint density at radius 2 is 2.08 bits per heavy atom. The van der Waals surface area contributed by atoms with Gasteiger partial charge in [0.15, 0.2) is 0 Å². The summed E-state index contributed by atoms with van der Waals surface area (Å²) in [6.45, 7) is 1.74. The zero-order valence-corrected chi connectivity index (χ0v) is 7.74. The monoisotopic (exact) mass is 179 g/mol. The molecule has 1 aromatic rings. The van der Waals surface area contributed by atoms with Gasteiger partial charge in [-0.15, -0.1) is 0 Å². The molecule has 0 unspecified atom stereocenters. The van der Waals surface area contributed by atoms with Gasteiger partial charge in [0.2, 0.25) is 5.91 Å². The molecule has 1 aromatic heterocycles. The Morgan fingerprint density at radius 3 is 2.46 bits per heavy atom. The van der Waals surface area contributed by atoms with Crippen molar-refractivity contribution in [1.82, 2.24) is 10.3 Å². The fourth-order valence-electron chi connectivity index (χ4n) is 1.10. The molecule has 1 heterocycles. The molecule has 70 valence electrons. The summed E-state index contributed by atoms with van der Waals surface area (Å²) in [5.74, 6) is -0.402. The van der Waals surface area contributed by atoms with Gasteiger partial charge in [-0.3, -0.25) is 9.78 Å². The number of nitrogens with one attached hydrogen (secondary N) is 1. The molecule has 0 aliphatic heterocycles. The molecule has 0 fully saturated rings. The zero-order chi connectivity index (χ0) is 9.90. The molecule has 1 rings (SSSR count). The Kier molecular flexibility index (Phi) is 2.63. The van der Waals surface area contributed by atoms with E-state index in [1.807, 2.05) is 0 Å². The maximum Gasteiger partial charge on any atom is 0.242 e. The van der Waals surface area contributed by atoms with Crippen LogP contribution in [0.1, 0.15) is 12.5 Å². The Morgan fingerprint density at radius 1 is 1.54 bits per heavy atom. The number of primary amides is 1. The molecule has 1 atom stereocenters. The van der Waals surface area contributed by atoms with E-state index < -0.39 is 11.4 Å². The molecule has 0 saturated carbocycles. The molecule has 0 bridgehead atoms. The number of aromatic nitrogens is 1. The van der Waals surface area contributed by atoms with E-state index in [0.717, 1.165) is 5.56 Å². The first-order chi connectivity index (χ1) is 6.11. The maximum absolute atomic E-state index is 11.2. The standard InChI is InChI=1S/C9H13N3O/c1-9(11-2,8(10)13)7-3-5-12-6-4-7/h3-6,11H,1-2H3,(H2,10,13)/t9-/m1/s1. The summed E-state index contributed by atoms with van der Waals surface area (Å²) in [6.07, 6.45) is 3.27. The predicted octanol–water partition coefficient (Wildman–Crippen LogP) is 0.00150. The van der Waals surface area contributed by atoms with Crippen LogP contribution in [0, 0.1) is 0 Å². The average molecular weight is 179 g/mol. The summed E-state index contributed by atoms with van der Waals surface area (Å²) in [4.78, 5) is 15.1. The van der Waals surface area contributed by atoms with Crippen LogP contribution >= 0.6 is 0 Å². The van der Waals surface area contributed by atoms with Gasteiger partial charge in [0.1, 0.15) is 5.54 Å². The number of nitrogens with zero attached hydrogens (tertiary/aromatic N) is 1. The first-order valence-corrected chi connectivity index (χ1v) is 4.00. The van der Waals surface area contributed by atoms with Crippen LogP contribution in [-0.2, 0) is 10.3 Å². The SMILES string of the molecule is CN[C@@](C)(C(N)=O)c1ccncc1. The fraction of sp³-hybridized carbons (Fsp3) is 0.333. The summed E-state index contributed by atoms with van der Waals surface area (Å²) >= 11 is 0. The van der Waals surface area contributed by atoms with E-state index in [-0.39, 0.29) is 0 Å². The van der Waals surface area contributed by atoms with Gasteiger partial charge in [-0.25, -0.2) is 0 Å². The van der Waals surface area contributed by atoms with Crippen molar-refractivity contribution < 1.29 is 4.79 Å². The van der Waals surface area contributed by atoms with Gasteiger partial charge >= 0.3 is 0 Å². The van der Waals surface area contributed by atoms with Crippen LogP contribution in [0.5, 0.6) is 0 Å². The lowest BCUT2D eigenvalue weighted by molar-refractivity contribution is -0.123. The number of carbonyl (C=O) groups excluding carboxylic acids is 1. The van der Waals surface area contributed by atoms with E-state index in [4.69, 9.17) is 5.73 Å². The number of carbonyl (C=O) groups is 1. The number of likely N-dealkylation sites (N-methyl/N-ethyl adjacent to an activating group) is 1. The zero-order valence-electron chi connectivity index (χ0n) is 7.74. The van der Waals surface area contributed by atoms with Crippen molar-refractivity contribution in [3.63, 3.8) is 0 Å². The van der Waals surface area contributed by atoms with Gasteiger partial charge in [-0.05, 0) is 31.7 Å². The molecule has 0 saturated heterocycles. The normalized spacial score (nSPS) is 14.9. The predicted molar refractivity (Wildman–Crippen MR) is 49.8 cm³/mol. The number of amides is 1. The largest absolute Gasteiger partial charge is 0.368 e. The minimum absolute atomic E-state index is 0.402. The number of hydrogen-bond acceptors (Lipinski definition) is 3. The maximum atomic E-state index is 11.2. The molecule has 13 heavy (non-hydrogen) atoms. The van der Waals surface area contributed by atoms with Crippen molar-refractivity contribution in [2.75, 3.05) is 7.05 Å². The quantitative estimate of drug-likeness (QED) is 0.686. The lowest BCUT2D eigenvalue weighted by Crippen LogP contribution is -2.48. The van der Waals surface area contributed by atoms with Crippen molar-refractivity contribution in [2.45, 2.75) is 12.5 Å². The molecule has 3 N–H and O–H groups in total. The Bertz CT molecular complexity index is 299. The molecule has 0 spiro atoms. The van der Waals surface area contributed by atoms with Crippen LogP contribution in [0.3, 0.4) is 0 Å². The highest BCUT2D eigenvalue weighted by atomic mass is 16.1. The van der Waals surface area contributed by atoms with Gasteiger partial charge in [-0.2, -0.15) is 0 Å². The summed E-state index contributed by atoms with van der Waals surface area (Å²) < 4.78 is 0. The Balaban J connectivity index is 3.11. The van der Waals surface area contributed by atoms with Gasteiger partial charge in [0.05, 0.1) is 0 Å². The van der Waals surface area contributed by atoms with Crippen molar-refractivity contribution in [1.29, 1.82) is 0 Å². The van der Waals surface area contributed by atoms with Crippen molar-refractivity contribution >= 4 is 5.91 Å². The van der Waals surface area contributed by atoms with E-state index >= 15 is 0 Å². The molecule has 0 radical (unpaired) electrons. The third kappa shape index (κ3) is 1.67. The van der Waals surface area contributed by atoms with E-state index in [9.17, 15) is 4.79 Å². The Labute approximate surface area is 77.2 Å². The van der Waals surface area contributed by atoms with Crippen molar-refractivity contribution in [2.24, 2.45) is 5.73 Å². The first kappa shape index (κ1) is 9.67.